The Morgan fingerprint density at radius 3 is 1.86 bits per heavy atom. The van der Waals surface area contributed by atoms with Crippen molar-refractivity contribution in [1.82, 2.24) is 0 Å². The molecule has 0 amide bonds. The molecule has 4 nitrogen and oxygen atoms in total. The van der Waals surface area contributed by atoms with Crippen LogP contribution in [0.5, 0.6) is 0 Å². The number of hydrogen-bond acceptors (Lipinski definition) is 3. The molecule has 0 heterocycles. The average molecular weight is 397 g/mol. The van der Waals surface area contributed by atoms with Gasteiger partial charge in [-0.05, 0) is 50.9 Å². The smallest absolute Gasteiger partial charge is 0.309 e. The SMILES string of the molecule is CCCCC(CCCCCCCCC(C)C)OC(=O)C1CCC(C(=O)O)CC1. The molecule has 0 spiro atoms. The third-order valence-corrected chi connectivity index (χ3v) is 6.13. The van der Waals surface area contributed by atoms with Crippen LogP contribution < -0.4 is 0 Å². The average Bonchev–Trinajstić information content (AvgIpc) is 2.67. The number of esters is 1. The second-order valence-electron chi connectivity index (χ2n) is 9.18. The van der Waals surface area contributed by atoms with Gasteiger partial charge in [-0.15, -0.1) is 0 Å². The number of aliphatic carboxylic acids is 1. The molecule has 0 radical (unpaired) electrons. The highest BCUT2D eigenvalue weighted by Crippen LogP contribution is 2.30. The van der Waals surface area contributed by atoms with Crippen molar-refractivity contribution in [2.24, 2.45) is 17.8 Å². The molecule has 1 unspecified atom stereocenters. The van der Waals surface area contributed by atoms with Gasteiger partial charge in [0, 0.05) is 0 Å². The summed E-state index contributed by atoms with van der Waals surface area (Å²) in [6.45, 7) is 6.74. The number of hydrogen-bond donors (Lipinski definition) is 1. The fourth-order valence-electron chi connectivity index (χ4n) is 4.16. The molecular formula is C24H44O4. The summed E-state index contributed by atoms with van der Waals surface area (Å²) >= 11 is 0. The van der Waals surface area contributed by atoms with Crippen LogP contribution in [0.2, 0.25) is 0 Å². The van der Waals surface area contributed by atoms with Crippen molar-refractivity contribution in [3.63, 3.8) is 0 Å². The molecule has 1 rings (SSSR count). The summed E-state index contributed by atoms with van der Waals surface area (Å²) in [5, 5.41) is 9.10. The number of rotatable bonds is 15. The Morgan fingerprint density at radius 2 is 1.32 bits per heavy atom. The largest absolute Gasteiger partial charge is 0.481 e. The fraction of sp³-hybridized carbons (Fsp3) is 0.917. The van der Waals surface area contributed by atoms with Crippen LogP contribution in [-0.4, -0.2) is 23.1 Å². The third kappa shape index (κ3) is 11.1. The summed E-state index contributed by atoms with van der Waals surface area (Å²) in [5.41, 5.74) is 0. The predicted octanol–water partition coefficient (Wildman–Crippen LogP) is 6.76. The Kier molecular flexibility index (Phi) is 13.3. The highest BCUT2D eigenvalue weighted by Gasteiger charge is 2.31. The van der Waals surface area contributed by atoms with E-state index in [2.05, 4.69) is 20.8 Å². The van der Waals surface area contributed by atoms with Gasteiger partial charge in [0.25, 0.3) is 0 Å². The van der Waals surface area contributed by atoms with E-state index >= 15 is 0 Å². The molecule has 0 bridgehead atoms. The van der Waals surface area contributed by atoms with Crippen molar-refractivity contribution < 1.29 is 19.4 Å². The number of carbonyl (C=O) groups is 2. The van der Waals surface area contributed by atoms with Crippen molar-refractivity contribution in [2.75, 3.05) is 0 Å². The normalized spacial score (nSPS) is 20.9. The summed E-state index contributed by atoms with van der Waals surface area (Å²) in [6.07, 6.45) is 15.7. The van der Waals surface area contributed by atoms with Crippen molar-refractivity contribution in [3.05, 3.63) is 0 Å². The standard InChI is InChI=1S/C24H44O4/c1-4-5-13-22(14-11-9-7-6-8-10-12-19(2)3)28-24(27)21-17-15-20(16-18-21)23(25)26/h19-22H,4-18H2,1-3H3,(H,25,26). The molecule has 0 aromatic rings. The number of carboxylic acid groups (broad SMARTS) is 1. The third-order valence-electron chi connectivity index (χ3n) is 6.13. The Labute approximate surface area is 172 Å². The minimum absolute atomic E-state index is 0.0468. The fourth-order valence-corrected chi connectivity index (χ4v) is 4.16. The van der Waals surface area contributed by atoms with Gasteiger partial charge in [0.2, 0.25) is 0 Å². The summed E-state index contributed by atoms with van der Waals surface area (Å²) in [5.74, 6) is -0.371. The lowest BCUT2D eigenvalue weighted by Crippen LogP contribution is -2.29. The molecule has 1 aliphatic carbocycles. The van der Waals surface area contributed by atoms with E-state index in [9.17, 15) is 9.59 Å². The van der Waals surface area contributed by atoms with Crippen molar-refractivity contribution in [1.29, 1.82) is 0 Å². The molecule has 1 N–H and O–H groups in total. The first kappa shape index (κ1) is 25.0. The molecule has 1 fully saturated rings. The van der Waals surface area contributed by atoms with Gasteiger partial charge in [-0.2, -0.15) is 0 Å². The second kappa shape index (κ2) is 14.9. The molecule has 0 aliphatic heterocycles. The first-order valence-corrected chi connectivity index (χ1v) is 11.9. The van der Waals surface area contributed by atoms with Gasteiger partial charge < -0.3 is 9.84 Å². The minimum Gasteiger partial charge on any atom is -0.481 e. The topological polar surface area (TPSA) is 63.6 Å². The molecule has 28 heavy (non-hydrogen) atoms. The van der Waals surface area contributed by atoms with Crippen LogP contribution in [0.4, 0.5) is 0 Å². The van der Waals surface area contributed by atoms with Crippen LogP contribution in [0.3, 0.4) is 0 Å². The van der Waals surface area contributed by atoms with Crippen LogP contribution in [0.25, 0.3) is 0 Å². The predicted molar refractivity (Wildman–Crippen MR) is 114 cm³/mol. The van der Waals surface area contributed by atoms with Gasteiger partial charge in [0.15, 0.2) is 0 Å². The highest BCUT2D eigenvalue weighted by molar-refractivity contribution is 5.74. The number of ether oxygens (including phenoxy) is 1. The van der Waals surface area contributed by atoms with E-state index in [-0.39, 0.29) is 23.9 Å². The van der Waals surface area contributed by atoms with Crippen LogP contribution in [0.15, 0.2) is 0 Å². The van der Waals surface area contributed by atoms with Crippen molar-refractivity contribution >= 4 is 11.9 Å². The summed E-state index contributed by atoms with van der Waals surface area (Å²) < 4.78 is 5.87. The Morgan fingerprint density at radius 1 is 0.821 bits per heavy atom. The second-order valence-corrected chi connectivity index (χ2v) is 9.18. The lowest BCUT2D eigenvalue weighted by Gasteiger charge is -2.27. The molecular weight excluding hydrogens is 352 g/mol. The quantitative estimate of drug-likeness (QED) is 0.245. The highest BCUT2D eigenvalue weighted by atomic mass is 16.5. The van der Waals surface area contributed by atoms with Crippen molar-refractivity contribution in [2.45, 2.75) is 123 Å². The lowest BCUT2D eigenvalue weighted by molar-refractivity contribution is -0.158. The molecule has 0 aromatic carbocycles. The lowest BCUT2D eigenvalue weighted by atomic mass is 9.82. The van der Waals surface area contributed by atoms with E-state index in [0.29, 0.717) is 25.7 Å². The monoisotopic (exact) mass is 396 g/mol. The molecule has 0 saturated heterocycles. The van der Waals surface area contributed by atoms with E-state index in [1.807, 2.05) is 0 Å². The van der Waals surface area contributed by atoms with Gasteiger partial charge in [-0.25, -0.2) is 0 Å². The van der Waals surface area contributed by atoms with E-state index in [1.54, 1.807) is 0 Å². The van der Waals surface area contributed by atoms with Gasteiger partial charge in [-0.1, -0.05) is 72.1 Å². The zero-order valence-corrected chi connectivity index (χ0v) is 18.6. The van der Waals surface area contributed by atoms with Crippen molar-refractivity contribution in [3.8, 4) is 0 Å². The van der Waals surface area contributed by atoms with Gasteiger partial charge in [0.1, 0.15) is 6.10 Å². The van der Waals surface area contributed by atoms with E-state index in [0.717, 1.165) is 38.0 Å². The maximum Gasteiger partial charge on any atom is 0.309 e. The molecule has 1 atom stereocenters. The zero-order chi connectivity index (χ0) is 20.8. The summed E-state index contributed by atoms with van der Waals surface area (Å²) in [6, 6.07) is 0. The number of carboxylic acids is 1. The van der Waals surface area contributed by atoms with Crippen LogP contribution in [0.1, 0.15) is 117 Å². The molecule has 164 valence electrons. The van der Waals surface area contributed by atoms with Crippen LogP contribution in [0, 0.1) is 17.8 Å². The van der Waals surface area contributed by atoms with Crippen LogP contribution in [-0.2, 0) is 14.3 Å². The maximum absolute atomic E-state index is 12.5. The Hall–Kier alpha value is -1.06. The van der Waals surface area contributed by atoms with E-state index in [1.165, 1.54) is 38.5 Å². The summed E-state index contributed by atoms with van der Waals surface area (Å²) in [7, 11) is 0. The summed E-state index contributed by atoms with van der Waals surface area (Å²) in [4.78, 5) is 23.6. The van der Waals surface area contributed by atoms with Gasteiger partial charge in [0.05, 0.1) is 11.8 Å². The Balaban J connectivity index is 2.24. The van der Waals surface area contributed by atoms with Gasteiger partial charge in [-0.3, -0.25) is 9.59 Å². The number of unbranched alkanes of at least 4 members (excludes halogenated alkanes) is 6. The maximum atomic E-state index is 12.5. The molecule has 4 heteroatoms. The molecule has 1 aliphatic rings. The van der Waals surface area contributed by atoms with Crippen LogP contribution >= 0.6 is 0 Å². The number of carbonyl (C=O) groups excluding carboxylic acids is 1. The molecule has 1 saturated carbocycles. The first-order chi connectivity index (χ1) is 13.4. The first-order valence-electron chi connectivity index (χ1n) is 11.9. The van der Waals surface area contributed by atoms with Gasteiger partial charge >= 0.3 is 11.9 Å². The minimum atomic E-state index is -0.725. The van der Waals surface area contributed by atoms with E-state index in [4.69, 9.17) is 9.84 Å². The molecule has 0 aromatic heterocycles. The Bertz CT molecular complexity index is 424. The zero-order valence-electron chi connectivity index (χ0n) is 18.6. The van der Waals surface area contributed by atoms with E-state index < -0.39 is 5.97 Å².